The standard InChI is InChI=1S/C25H25FN2O4/c1-4-21-16(2)14-20(24(30)28(21)15-17-10-12-19(26)13-11-17)23(29)27-22(25(31)32-3)18-8-6-5-7-9-18/h5-14,22H,4,15H2,1-3H3,(H,27,29). The van der Waals surface area contributed by atoms with E-state index in [-0.39, 0.29) is 17.9 Å². The molecule has 2 aromatic carbocycles. The number of methoxy groups -OCH3 is 1. The number of amides is 1. The van der Waals surface area contributed by atoms with E-state index in [0.29, 0.717) is 12.0 Å². The van der Waals surface area contributed by atoms with Gasteiger partial charge in [-0.1, -0.05) is 49.4 Å². The van der Waals surface area contributed by atoms with Gasteiger partial charge in [0.15, 0.2) is 6.04 Å². The Labute approximate surface area is 185 Å². The third kappa shape index (κ3) is 4.94. The zero-order chi connectivity index (χ0) is 23.3. The number of aromatic nitrogens is 1. The summed E-state index contributed by atoms with van der Waals surface area (Å²) < 4.78 is 19.6. The molecule has 32 heavy (non-hydrogen) atoms. The summed E-state index contributed by atoms with van der Waals surface area (Å²) in [6, 6.07) is 15.0. The van der Waals surface area contributed by atoms with E-state index in [1.54, 1.807) is 42.5 Å². The number of esters is 1. The van der Waals surface area contributed by atoms with Crippen LogP contribution in [0.3, 0.4) is 0 Å². The van der Waals surface area contributed by atoms with Gasteiger partial charge in [0.25, 0.3) is 11.5 Å². The van der Waals surface area contributed by atoms with Crippen molar-refractivity contribution in [2.45, 2.75) is 32.9 Å². The predicted octanol–water partition coefficient (Wildman–Crippen LogP) is 3.55. The second-order valence-electron chi connectivity index (χ2n) is 7.40. The Hall–Kier alpha value is -3.74. The maximum Gasteiger partial charge on any atom is 0.333 e. The highest BCUT2D eigenvalue weighted by molar-refractivity contribution is 5.97. The fourth-order valence-electron chi connectivity index (χ4n) is 3.66. The van der Waals surface area contributed by atoms with Crippen LogP contribution < -0.4 is 10.9 Å². The summed E-state index contributed by atoms with van der Waals surface area (Å²) in [5.41, 5.74) is 2.27. The first-order valence-electron chi connectivity index (χ1n) is 10.3. The zero-order valence-electron chi connectivity index (χ0n) is 18.2. The van der Waals surface area contributed by atoms with Crippen molar-refractivity contribution in [2.75, 3.05) is 7.11 Å². The van der Waals surface area contributed by atoms with E-state index < -0.39 is 23.5 Å². The van der Waals surface area contributed by atoms with Gasteiger partial charge in [0.05, 0.1) is 13.7 Å². The first kappa shape index (κ1) is 22.9. The summed E-state index contributed by atoms with van der Waals surface area (Å²) in [6.45, 7) is 3.94. The summed E-state index contributed by atoms with van der Waals surface area (Å²) in [7, 11) is 1.24. The molecule has 0 saturated carbocycles. The lowest BCUT2D eigenvalue weighted by Crippen LogP contribution is -2.39. The molecule has 0 bridgehead atoms. The molecular formula is C25H25FN2O4. The molecule has 1 atom stereocenters. The molecule has 1 amide bonds. The number of aryl methyl sites for hydroxylation is 1. The minimum absolute atomic E-state index is 0.0772. The molecule has 3 rings (SSSR count). The molecule has 1 heterocycles. The van der Waals surface area contributed by atoms with E-state index >= 15 is 0 Å². The number of ether oxygens (including phenoxy) is 1. The second kappa shape index (κ2) is 10.0. The minimum atomic E-state index is -1.05. The molecule has 1 N–H and O–H groups in total. The Morgan fingerprint density at radius 2 is 1.75 bits per heavy atom. The van der Waals surface area contributed by atoms with Crippen LogP contribution in [0.25, 0.3) is 0 Å². The van der Waals surface area contributed by atoms with Gasteiger partial charge in [-0.25, -0.2) is 9.18 Å². The number of carbonyl (C=O) groups is 2. The molecule has 1 unspecified atom stereocenters. The van der Waals surface area contributed by atoms with Crippen molar-refractivity contribution in [2.24, 2.45) is 0 Å². The van der Waals surface area contributed by atoms with Crippen LogP contribution in [0.4, 0.5) is 4.39 Å². The quantitative estimate of drug-likeness (QED) is 0.575. The maximum atomic E-state index is 13.3. The highest BCUT2D eigenvalue weighted by atomic mass is 19.1. The van der Waals surface area contributed by atoms with Gasteiger partial charge >= 0.3 is 5.97 Å². The number of carbonyl (C=O) groups excluding carboxylic acids is 2. The zero-order valence-corrected chi connectivity index (χ0v) is 18.2. The first-order valence-corrected chi connectivity index (χ1v) is 10.3. The highest BCUT2D eigenvalue weighted by Crippen LogP contribution is 2.16. The summed E-state index contributed by atoms with van der Waals surface area (Å²) >= 11 is 0. The number of nitrogens with one attached hydrogen (secondary N) is 1. The topological polar surface area (TPSA) is 77.4 Å². The van der Waals surface area contributed by atoms with E-state index in [1.807, 2.05) is 13.8 Å². The molecule has 7 heteroatoms. The van der Waals surface area contributed by atoms with Crippen molar-refractivity contribution < 1.29 is 18.7 Å². The summed E-state index contributed by atoms with van der Waals surface area (Å²) in [5.74, 6) is -1.68. The number of hydrogen-bond acceptors (Lipinski definition) is 4. The summed E-state index contributed by atoms with van der Waals surface area (Å²) in [6.07, 6.45) is 0.582. The fraction of sp³-hybridized carbons (Fsp3) is 0.240. The lowest BCUT2D eigenvalue weighted by Gasteiger charge is -2.19. The van der Waals surface area contributed by atoms with E-state index in [9.17, 15) is 18.8 Å². The smallest absolute Gasteiger partial charge is 0.333 e. The third-order valence-electron chi connectivity index (χ3n) is 5.30. The molecular weight excluding hydrogens is 411 g/mol. The Bertz CT molecular complexity index is 1170. The van der Waals surface area contributed by atoms with Crippen molar-refractivity contribution in [3.63, 3.8) is 0 Å². The van der Waals surface area contributed by atoms with Gasteiger partial charge in [0, 0.05) is 5.69 Å². The van der Waals surface area contributed by atoms with Crippen molar-refractivity contribution in [3.05, 3.63) is 105 Å². The number of benzene rings is 2. The third-order valence-corrected chi connectivity index (χ3v) is 5.30. The van der Waals surface area contributed by atoms with E-state index in [1.165, 1.54) is 29.9 Å². The van der Waals surface area contributed by atoms with Crippen LogP contribution in [0.1, 0.15) is 45.7 Å². The van der Waals surface area contributed by atoms with Crippen molar-refractivity contribution in [1.29, 1.82) is 0 Å². The van der Waals surface area contributed by atoms with Gasteiger partial charge in [-0.05, 0) is 48.2 Å². The SMILES string of the molecule is CCc1c(C)cc(C(=O)NC(C(=O)OC)c2ccccc2)c(=O)n1Cc1ccc(F)cc1. The second-order valence-corrected chi connectivity index (χ2v) is 7.40. The number of pyridine rings is 1. The van der Waals surface area contributed by atoms with E-state index in [4.69, 9.17) is 4.74 Å². The number of nitrogens with zero attached hydrogens (tertiary/aromatic N) is 1. The van der Waals surface area contributed by atoms with Gasteiger partial charge in [0.2, 0.25) is 0 Å². The average molecular weight is 436 g/mol. The largest absolute Gasteiger partial charge is 0.467 e. The molecule has 0 radical (unpaired) electrons. The lowest BCUT2D eigenvalue weighted by atomic mass is 10.0. The van der Waals surface area contributed by atoms with Crippen LogP contribution >= 0.6 is 0 Å². The van der Waals surface area contributed by atoms with Gasteiger partial charge in [-0.15, -0.1) is 0 Å². The van der Waals surface area contributed by atoms with Crippen molar-refractivity contribution in [3.8, 4) is 0 Å². The average Bonchev–Trinajstić information content (AvgIpc) is 2.81. The normalized spacial score (nSPS) is 11.6. The molecule has 0 aliphatic carbocycles. The van der Waals surface area contributed by atoms with Gasteiger partial charge in [0.1, 0.15) is 11.4 Å². The summed E-state index contributed by atoms with van der Waals surface area (Å²) in [4.78, 5) is 38.7. The Morgan fingerprint density at radius 1 is 1.09 bits per heavy atom. The van der Waals surface area contributed by atoms with E-state index in [2.05, 4.69) is 5.32 Å². The molecule has 6 nitrogen and oxygen atoms in total. The van der Waals surface area contributed by atoms with Crippen LogP contribution in [0.5, 0.6) is 0 Å². The molecule has 0 fully saturated rings. The van der Waals surface area contributed by atoms with Crippen LogP contribution in [0.2, 0.25) is 0 Å². The first-order chi connectivity index (χ1) is 15.3. The maximum absolute atomic E-state index is 13.3. The van der Waals surface area contributed by atoms with Gasteiger partial charge < -0.3 is 14.6 Å². The monoisotopic (exact) mass is 436 g/mol. The molecule has 0 aliphatic heterocycles. The lowest BCUT2D eigenvalue weighted by molar-refractivity contribution is -0.143. The van der Waals surface area contributed by atoms with Gasteiger partial charge in [-0.3, -0.25) is 9.59 Å². The Balaban J connectivity index is 2.00. The molecule has 0 aliphatic rings. The molecule has 166 valence electrons. The van der Waals surface area contributed by atoms with Crippen LogP contribution in [0, 0.1) is 12.7 Å². The molecule has 0 spiro atoms. The minimum Gasteiger partial charge on any atom is -0.467 e. The fourth-order valence-corrected chi connectivity index (χ4v) is 3.66. The highest BCUT2D eigenvalue weighted by Gasteiger charge is 2.26. The number of hydrogen-bond donors (Lipinski definition) is 1. The van der Waals surface area contributed by atoms with E-state index in [0.717, 1.165) is 16.8 Å². The summed E-state index contributed by atoms with van der Waals surface area (Å²) in [5, 5.41) is 2.63. The van der Waals surface area contributed by atoms with Crippen LogP contribution in [0.15, 0.2) is 65.5 Å². The van der Waals surface area contributed by atoms with Gasteiger partial charge in [-0.2, -0.15) is 0 Å². The molecule has 3 aromatic rings. The molecule has 1 aromatic heterocycles. The van der Waals surface area contributed by atoms with Crippen LogP contribution in [-0.2, 0) is 22.5 Å². The molecule has 0 saturated heterocycles. The Kier molecular flexibility index (Phi) is 7.20. The Morgan fingerprint density at radius 3 is 2.34 bits per heavy atom. The van der Waals surface area contributed by atoms with Crippen molar-refractivity contribution >= 4 is 11.9 Å². The van der Waals surface area contributed by atoms with Crippen molar-refractivity contribution in [1.82, 2.24) is 9.88 Å². The predicted molar refractivity (Wildman–Crippen MR) is 119 cm³/mol. The number of halogens is 1. The number of rotatable bonds is 7. The van der Waals surface area contributed by atoms with Crippen LogP contribution in [-0.4, -0.2) is 23.6 Å².